The van der Waals surface area contributed by atoms with Crippen molar-refractivity contribution in [2.75, 3.05) is 26.2 Å². The third-order valence-electron chi connectivity index (χ3n) is 4.96. The molecule has 0 radical (unpaired) electrons. The van der Waals surface area contributed by atoms with Gasteiger partial charge >= 0.3 is 0 Å². The van der Waals surface area contributed by atoms with Crippen LogP contribution in [0.15, 0.2) is 0 Å². The van der Waals surface area contributed by atoms with Gasteiger partial charge in [0.2, 0.25) is 0 Å². The molecule has 1 aliphatic rings. The van der Waals surface area contributed by atoms with Crippen molar-refractivity contribution in [1.29, 1.82) is 0 Å². The molecule has 1 rings (SSSR count). The highest BCUT2D eigenvalue weighted by atomic mass is 14.9. The first-order chi connectivity index (χ1) is 9.10. The Morgan fingerprint density at radius 2 is 2.11 bits per heavy atom. The monoisotopic (exact) mass is 268 g/mol. The molecular weight excluding hydrogens is 232 g/mol. The molecule has 0 saturated carbocycles. The number of hydrogen-bond acceptors (Lipinski definition) is 2. The summed E-state index contributed by atoms with van der Waals surface area (Å²) in [7, 11) is 0. The van der Waals surface area contributed by atoms with Gasteiger partial charge in [-0.1, -0.05) is 47.0 Å². The fourth-order valence-electron chi connectivity index (χ4n) is 3.20. The Labute approximate surface area is 121 Å². The molecule has 0 aromatic rings. The van der Waals surface area contributed by atoms with Crippen LogP contribution in [0, 0.1) is 17.3 Å². The van der Waals surface area contributed by atoms with Crippen molar-refractivity contribution in [1.82, 2.24) is 10.6 Å². The molecule has 0 aliphatic carbocycles. The summed E-state index contributed by atoms with van der Waals surface area (Å²) < 4.78 is 0. The van der Waals surface area contributed by atoms with Crippen LogP contribution in [0.4, 0.5) is 0 Å². The van der Waals surface area contributed by atoms with Crippen molar-refractivity contribution in [3.8, 4) is 0 Å². The highest BCUT2D eigenvalue weighted by molar-refractivity contribution is 4.84. The molecule has 0 amide bonds. The number of rotatable bonds is 9. The van der Waals surface area contributed by atoms with Crippen molar-refractivity contribution in [3.63, 3.8) is 0 Å². The van der Waals surface area contributed by atoms with Crippen molar-refractivity contribution in [3.05, 3.63) is 0 Å². The van der Waals surface area contributed by atoms with E-state index in [1.807, 2.05) is 0 Å². The SMILES string of the molecule is CCCCC(CC)CNCC(C)(C)C1CCCNC1. The van der Waals surface area contributed by atoms with Crippen LogP contribution in [0.5, 0.6) is 0 Å². The molecule has 0 bridgehead atoms. The summed E-state index contributed by atoms with van der Waals surface area (Å²) in [6.45, 7) is 14.3. The molecule has 2 nitrogen and oxygen atoms in total. The molecule has 0 spiro atoms. The lowest BCUT2D eigenvalue weighted by Crippen LogP contribution is -2.44. The average Bonchev–Trinajstić information content (AvgIpc) is 2.43. The first kappa shape index (κ1) is 17.0. The van der Waals surface area contributed by atoms with Gasteiger partial charge in [0, 0.05) is 6.54 Å². The summed E-state index contributed by atoms with van der Waals surface area (Å²) in [4.78, 5) is 0. The lowest BCUT2D eigenvalue weighted by molar-refractivity contribution is 0.163. The van der Waals surface area contributed by atoms with Crippen LogP contribution in [0.3, 0.4) is 0 Å². The second-order valence-corrected chi connectivity index (χ2v) is 7.08. The summed E-state index contributed by atoms with van der Waals surface area (Å²) in [6, 6.07) is 0. The summed E-state index contributed by atoms with van der Waals surface area (Å²) in [5, 5.41) is 7.31. The molecule has 0 aromatic heterocycles. The summed E-state index contributed by atoms with van der Waals surface area (Å²) in [5.41, 5.74) is 0.427. The number of hydrogen-bond donors (Lipinski definition) is 2. The Morgan fingerprint density at radius 1 is 1.32 bits per heavy atom. The molecule has 2 heteroatoms. The maximum atomic E-state index is 3.76. The lowest BCUT2D eigenvalue weighted by Gasteiger charge is -2.38. The van der Waals surface area contributed by atoms with Gasteiger partial charge in [-0.05, 0) is 56.1 Å². The molecule has 0 aromatic carbocycles. The van der Waals surface area contributed by atoms with Crippen LogP contribution in [-0.4, -0.2) is 26.2 Å². The highest BCUT2D eigenvalue weighted by Gasteiger charge is 2.30. The topological polar surface area (TPSA) is 24.1 Å². The molecule has 1 aliphatic heterocycles. The van der Waals surface area contributed by atoms with Crippen molar-refractivity contribution >= 4 is 0 Å². The summed E-state index contributed by atoms with van der Waals surface area (Å²) in [6.07, 6.45) is 8.17. The largest absolute Gasteiger partial charge is 0.316 e. The van der Waals surface area contributed by atoms with Crippen LogP contribution in [0.2, 0.25) is 0 Å². The van der Waals surface area contributed by atoms with E-state index in [2.05, 4.69) is 38.3 Å². The van der Waals surface area contributed by atoms with Gasteiger partial charge in [-0.15, -0.1) is 0 Å². The third kappa shape index (κ3) is 6.27. The van der Waals surface area contributed by atoms with Crippen LogP contribution in [0.25, 0.3) is 0 Å². The molecule has 2 atom stereocenters. The third-order valence-corrected chi connectivity index (χ3v) is 4.96. The lowest BCUT2D eigenvalue weighted by atomic mass is 9.75. The smallest absolute Gasteiger partial charge is 0.000576 e. The minimum absolute atomic E-state index is 0.427. The summed E-state index contributed by atoms with van der Waals surface area (Å²) >= 11 is 0. The van der Waals surface area contributed by atoms with Gasteiger partial charge in [0.25, 0.3) is 0 Å². The predicted octanol–water partition coefficient (Wildman–Crippen LogP) is 3.82. The zero-order valence-electron chi connectivity index (χ0n) is 13.7. The highest BCUT2D eigenvalue weighted by Crippen LogP contribution is 2.31. The first-order valence-electron chi connectivity index (χ1n) is 8.51. The van der Waals surface area contributed by atoms with Gasteiger partial charge < -0.3 is 10.6 Å². The van der Waals surface area contributed by atoms with E-state index in [1.54, 1.807) is 0 Å². The standard InChI is InChI=1S/C17H36N2/c1-5-7-9-15(6-2)12-19-14-17(3,4)16-10-8-11-18-13-16/h15-16,18-19H,5-14H2,1-4H3. The van der Waals surface area contributed by atoms with Crippen molar-refractivity contribution in [2.24, 2.45) is 17.3 Å². The molecular formula is C17H36N2. The van der Waals surface area contributed by atoms with Gasteiger partial charge in [0.15, 0.2) is 0 Å². The second kappa shape index (κ2) is 8.97. The minimum Gasteiger partial charge on any atom is -0.316 e. The maximum Gasteiger partial charge on any atom is 0.000576 e. The quantitative estimate of drug-likeness (QED) is 0.664. The first-order valence-corrected chi connectivity index (χ1v) is 8.51. The molecule has 2 N–H and O–H groups in total. The van der Waals surface area contributed by atoms with Gasteiger partial charge in [0.05, 0.1) is 0 Å². The second-order valence-electron chi connectivity index (χ2n) is 7.08. The number of piperidine rings is 1. The van der Waals surface area contributed by atoms with Gasteiger partial charge in [-0.25, -0.2) is 0 Å². The average molecular weight is 268 g/mol. The number of unbranched alkanes of at least 4 members (excludes halogenated alkanes) is 1. The molecule has 1 saturated heterocycles. The zero-order valence-corrected chi connectivity index (χ0v) is 13.7. The predicted molar refractivity (Wildman–Crippen MR) is 85.6 cm³/mol. The van der Waals surface area contributed by atoms with E-state index >= 15 is 0 Å². The Bertz CT molecular complexity index is 219. The molecule has 19 heavy (non-hydrogen) atoms. The van der Waals surface area contributed by atoms with Gasteiger partial charge in [0.1, 0.15) is 0 Å². The number of nitrogens with one attached hydrogen (secondary N) is 2. The maximum absolute atomic E-state index is 3.76. The van der Waals surface area contributed by atoms with E-state index in [9.17, 15) is 0 Å². The van der Waals surface area contributed by atoms with Gasteiger partial charge in [-0.2, -0.15) is 0 Å². The Morgan fingerprint density at radius 3 is 2.68 bits per heavy atom. The van der Waals surface area contributed by atoms with E-state index in [1.165, 1.54) is 64.7 Å². The van der Waals surface area contributed by atoms with E-state index < -0.39 is 0 Å². The molecule has 2 unspecified atom stereocenters. The van der Waals surface area contributed by atoms with E-state index in [0.717, 1.165) is 11.8 Å². The normalized spacial score (nSPS) is 22.4. The fraction of sp³-hybridized carbons (Fsp3) is 1.00. The Balaban J connectivity index is 2.25. The van der Waals surface area contributed by atoms with Crippen LogP contribution < -0.4 is 10.6 Å². The van der Waals surface area contributed by atoms with E-state index in [0.29, 0.717) is 5.41 Å². The van der Waals surface area contributed by atoms with Crippen LogP contribution >= 0.6 is 0 Å². The van der Waals surface area contributed by atoms with Gasteiger partial charge in [-0.3, -0.25) is 0 Å². The van der Waals surface area contributed by atoms with Crippen LogP contribution in [0.1, 0.15) is 66.2 Å². The van der Waals surface area contributed by atoms with Crippen LogP contribution in [-0.2, 0) is 0 Å². The Kier molecular flexibility index (Phi) is 8.01. The Hall–Kier alpha value is -0.0800. The fourth-order valence-corrected chi connectivity index (χ4v) is 3.20. The van der Waals surface area contributed by atoms with E-state index in [-0.39, 0.29) is 0 Å². The molecule has 1 heterocycles. The minimum atomic E-state index is 0.427. The summed E-state index contributed by atoms with van der Waals surface area (Å²) in [5.74, 6) is 1.71. The molecule has 114 valence electrons. The van der Waals surface area contributed by atoms with E-state index in [4.69, 9.17) is 0 Å². The molecule has 1 fully saturated rings. The van der Waals surface area contributed by atoms with Crippen molar-refractivity contribution in [2.45, 2.75) is 66.2 Å². The zero-order chi connectivity index (χ0) is 14.1. The van der Waals surface area contributed by atoms with Crippen molar-refractivity contribution < 1.29 is 0 Å².